The average Bonchev–Trinajstić information content (AvgIpc) is 2.77. The smallest absolute Gasteiger partial charge is 0.269 e. The quantitative estimate of drug-likeness (QED) is 0.757. The number of fused-ring (bicyclic) bond motifs is 1. The minimum absolute atomic E-state index is 0.203. The van der Waals surface area contributed by atoms with E-state index in [1.807, 2.05) is 6.92 Å². The van der Waals surface area contributed by atoms with Crippen molar-refractivity contribution in [3.63, 3.8) is 0 Å². The van der Waals surface area contributed by atoms with Gasteiger partial charge >= 0.3 is 0 Å². The molecule has 2 heterocycles. The summed E-state index contributed by atoms with van der Waals surface area (Å²) < 4.78 is 27.3. The zero-order valence-corrected chi connectivity index (χ0v) is 13.5. The Bertz CT molecular complexity index is 931. The molecule has 0 spiro atoms. The van der Waals surface area contributed by atoms with Crippen molar-refractivity contribution in [2.75, 3.05) is 5.73 Å². The van der Waals surface area contributed by atoms with Gasteiger partial charge in [-0.1, -0.05) is 17.7 Å². The van der Waals surface area contributed by atoms with E-state index in [-0.39, 0.29) is 4.90 Å². The van der Waals surface area contributed by atoms with Crippen LogP contribution in [0.15, 0.2) is 52.1 Å². The maximum atomic E-state index is 12.7. The van der Waals surface area contributed by atoms with Crippen LogP contribution in [-0.2, 0) is 10.0 Å². The predicted molar refractivity (Wildman–Crippen MR) is 85.6 cm³/mol. The molecule has 0 aliphatic carbocycles. The van der Waals surface area contributed by atoms with Crippen molar-refractivity contribution < 1.29 is 8.42 Å². The molecule has 5 nitrogen and oxygen atoms in total. The maximum absolute atomic E-state index is 12.7. The zero-order chi connectivity index (χ0) is 15.2. The van der Waals surface area contributed by atoms with E-state index in [2.05, 4.69) is 20.9 Å². The highest BCUT2D eigenvalue weighted by atomic mass is 79.9. The Morgan fingerprint density at radius 3 is 2.57 bits per heavy atom. The van der Waals surface area contributed by atoms with Gasteiger partial charge in [0, 0.05) is 22.3 Å². The van der Waals surface area contributed by atoms with Crippen molar-refractivity contribution in [2.24, 2.45) is 0 Å². The molecule has 0 saturated carbocycles. The first-order chi connectivity index (χ1) is 9.89. The van der Waals surface area contributed by atoms with Gasteiger partial charge in [0.05, 0.1) is 10.6 Å². The van der Waals surface area contributed by atoms with E-state index >= 15 is 0 Å². The molecule has 108 valence electrons. The number of rotatable bonds is 2. The molecule has 0 amide bonds. The highest BCUT2D eigenvalue weighted by Crippen LogP contribution is 2.28. The van der Waals surface area contributed by atoms with E-state index in [1.54, 1.807) is 36.5 Å². The molecule has 2 aromatic heterocycles. The lowest BCUT2D eigenvalue weighted by molar-refractivity contribution is 0.589. The summed E-state index contributed by atoms with van der Waals surface area (Å²) in [5, 5.41) is 0.597. The van der Waals surface area contributed by atoms with Crippen LogP contribution in [-0.4, -0.2) is 17.4 Å². The van der Waals surface area contributed by atoms with Crippen molar-refractivity contribution in [2.45, 2.75) is 11.8 Å². The molecule has 0 aliphatic heterocycles. The zero-order valence-electron chi connectivity index (χ0n) is 11.1. The average molecular weight is 366 g/mol. The van der Waals surface area contributed by atoms with Crippen molar-refractivity contribution in [3.05, 3.63) is 52.8 Å². The SMILES string of the molecule is Cc1ccc(S(=O)(=O)n2cc(N)c3cc(Br)cnc32)cc1. The van der Waals surface area contributed by atoms with Crippen LogP contribution in [0.25, 0.3) is 11.0 Å². The van der Waals surface area contributed by atoms with Gasteiger partial charge in [0.25, 0.3) is 10.0 Å². The Balaban J connectivity index is 2.26. The fraction of sp³-hybridized carbons (Fsp3) is 0.0714. The van der Waals surface area contributed by atoms with E-state index in [0.717, 1.165) is 14.0 Å². The monoisotopic (exact) mass is 365 g/mol. The summed E-state index contributed by atoms with van der Waals surface area (Å²) in [5.41, 5.74) is 7.58. The van der Waals surface area contributed by atoms with Gasteiger partial charge in [-0.2, -0.15) is 0 Å². The van der Waals surface area contributed by atoms with Gasteiger partial charge in [0.1, 0.15) is 0 Å². The summed E-state index contributed by atoms with van der Waals surface area (Å²) in [6.45, 7) is 1.90. The number of aromatic nitrogens is 2. The van der Waals surface area contributed by atoms with Crippen molar-refractivity contribution >= 4 is 42.7 Å². The topological polar surface area (TPSA) is 78.0 Å². The molecule has 3 aromatic rings. The molecule has 21 heavy (non-hydrogen) atoms. The molecule has 0 fully saturated rings. The summed E-state index contributed by atoms with van der Waals surface area (Å²) >= 11 is 3.30. The van der Waals surface area contributed by atoms with Gasteiger partial charge < -0.3 is 5.73 Å². The van der Waals surface area contributed by atoms with E-state index in [9.17, 15) is 8.42 Å². The summed E-state index contributed by atoms with van der Waals surface area (Å²) in [7, 11) is -3.72. The van der Waals surface area contributed by atoms with Gasteiger partial charge in [0.2, 0.25) is 0 Å². The number of nitrogens with zero attached hydrogens (tertiary/aromatic N) is 2. The van der Waals surface area contributed by atoms with Gasteiger partial charge in [0.15, 0.2) is 5.65 Å². The number of aryl methyl sites for hydroxylation is 1. The van der Waals surface area contributed by atoms with Crippen LogP contribution in [0.5, 0.6) is 0 Å². The first kappa shape index (κ1) is 14.1. The standard InChI is InChI=1S/C14H12BrN3O2S/c1-9-2-4-11(5-3-9)21(19,20)18-8-13(16)12-6-10(15)7-17-14(12)18/h2-8H,16H2,1H3. The third-order valence-corrected chi connectivity index (χ3v) is 5.28. The Morgan fingerprint density at radius 1 is 1.24 bits per heavy atom. The van der Waals surface area contributed by atoms with Crippen molar-refractivity contribution in [1.82, 2.24) is 8.96 Å². The predicted octanol–water partition coefficient (Wildman–Crippen LogP) is 2.93. The molecule has 0 saturated heterocycles. The lowest BCUT2D eigenvalue weighted by atomic mass is 10.2. The Hall–Kier alpha value is -1.86. The number of benzene rings is 1. The van der Waals surface area contributed by atoms with Crippen LogP contribution in [0.3, 0.4) is 0 Å². The normalized spacial score (nSPS) is 11.9. The lowest BCUT2D eigenvalue weighted by Gasteiger charge is -2.07. The van der Waals surface area contributed by atoms with Gasteiger partial charge in [-0.3, -0.25) is 0 Å². The van der Waals surface area contributed by atoms with Gasteiger partial charge in [-0.05, 0) is 41.1 Å². The molecular weight excluding hydrogens is 354 g/mol. The maximum Gasteiger partial charge on any atom is 0.269 e. The summed E-state index contributed by atoms with van der Waals surface area (Å²) in [6.07, 6.45) is 2.93. The molecule has 3 rings (SSSR count). The minimum atomic E-state index is -3.72. The highest BCUT2D eigenvalue weighted by molar-refractivity contribution is 9.10. The number of nitrogen functional groups attached to an aromatic ring is 1. The van der Waals surface area contributed by atoms with Crippen LogP contribution in [0.2, 0.25) is 0 Å². The molecule has 0 unspecified atom stereocenters. The number of pyridine rings is 1. The number of hydrogen-bond acceptors (Lipinski definition) is 4. The van der Waals surface area contributed by atoms with Crippen LogP contribution < -0.4 is 5.73 Å². The summed E-state index contributed by atoms with van der Waals surface area (Å²) in [5.74, 6) is 0. The first-order valence-corrected chi connectivity index (χ1v) is 8.37. The summed E-state index contributed by atoms with van der Waals surface area (Å²) in [6, 6.07) is 8.41. The highest BCUT2D eigenvalue weighted by Gasteiger charge is 2.21. The molecule has 0 bridgehead atoms. The van der Waals surface area contributed by atoms with E-state index in [4.69, 9.17) is 5.73 Å². The number of hydrogen-bond donors (Lipinski definition) is 1. The van der Waals surface area contributed by atoms with E-state index in [1.165, 1.54) is 6.20 Å². The second kappa shape index (κ2) is 4.85. The van der Waals surface area contributed by atoms with Gasteiger partial charge in [-0.15, -0.1) is 0 Å². The fourth-order valence-corrected chi connectivity index (χ4v) is 3.75. The molecule has 7 heteroatoms. The second-order valence-electron chi connectivity index (χ2n) is 4.72. The van der Waals surface area contributed by atoms with Crippen molar-refractivity contribution in [3.8, 4) is 0 Å². The Morgan fingerprint density at radius 2 is 1.90 bits per heavy atom. The minimum Gasteiger partial charge on any atom is -0.397 e. The number of halogens is 1. The fourth-order valence-electron chi connectivity index (χ4n) is 2.08. The third kappa shape index (κ3) is 2.32. The van der Waals surface area contributed by atoms with Crippen LogP contribution in [0, 0.1) is 6.92 Å². The van der Waals surface area contributed by atoms with Crippen LogP contribution >= 0.6 is 15.9 Å². The van der Waals surface area contributed by atoms with Gasteiger partial charge in [-0.25, -0.2) is 17.4 Å². The third-order valence-electron chi connectivity index (χ3n) is 3.19. The molecule has 0 aliphatic rings. The molecule has 1 aromatic carbocycles. The molecular formula is C14H12BrN3O2S. The van der Waals surface area contributed by atoms with Crippen molar-refractivity contribution in [1.29, 1.82) is 0 Å². The second-order valence-corrected chi connectivity index (χ2v) is 7.45. The van der Waals surface area contributed by atoms with E-state index < -0.39 is 10.0 Å². The molecule has 0 atom stereocenters. The number of nitrogens with two attached hydrogens (primary N) is 1. The largest absolute Gasteiger partial charge is 0.397 e. The molecule has 0 radical (unpaired) electrons. The Kier molecular flexibility index (Phi) is 3.26. The lowest BCUT2D eigenvalue weighted by Crippen LogP contribution is -2.12. The first-order valence-electron chi connectivity index (χ1n) is 6.14. The Labute approximate surface area is 130 Å². The van der Waals surface area contributed by atoms with Crippen LogP contribution in [0.4, 0.5) is 5.69 Å². The van der Waals surface area contributed by atoms with E-state index in [0.29, 0.717) is 16.7 Å². The number of anilines is 1. The van der Waals surface area contributed by atoms with Crippen LogP contribution in [0.1, 0.15) is 5.56 Å². The summed E-state index contributed by atoms with van der Waals surface area (Å²) in [4.78, 5) is 4.37. The molecule has 2 N–H and O–H groups in total.